The highest BCUT2D eigenvalue weighted by atomic mass is 16.2. The Morgan fingerprint density at radius 2 is 1.54 bits per heavy atom. The van der Waals surface area contributed by atoms with Crippen LogP contribution in [0, 0.1) is 0 Å². The van der Waals surface area contributed by atoms with E-state index < -0.39 is 0 Å². The molecule has 1 fully saturated rings. The monoisotopic (exact) mass is 376 g/mol. The van der Waals surface area contributed by atoms with Crippen molar-refractivity contribution in [2.24, 2.45) is 0 Å². The molecule has 1 heterocycles. The summed E-state index contributed by atoms with van der Waals surface area (Å²) in [4.78, 5) is 37.5. The first kappa shape index (κ1) is 18.4. The van der Waals surface area contributed by atoms with E-state index in [0.29, 0.717) is 11.3 Å². The zero-order chi connectivity index (χ0) is 19.7. The molecule has 144 valence electrons. The number of imide groups is 1. The molecule has 0 unspecified atom stereocenters. The first-order chi connectivity index (χ1) is 13.5. The highest BCUT2D eigenvalue weighted by molar-refractivity contribution is 6.19. The minimum absolute atomic E-state index is 0.0962. The van der Waals surface area contributed by atoms with Crippen LogP contribution in [0.5, 0.6) is 0 Å². The number of benzene rings is 2. The summed E-state index contributed by atoms with van der Waals surface area (Å²) in [5.41, 5.74) is 4.96. The van der Waals surface area contributed by atoms with E-state index in [1.54, 1.807) is 24.3 Å². The number of aryl methyl sites for hydroxylation is 2. The highest BCUT2D eigenvalue weighted by Gasteiger charge is 2.30. The number of carbonyl (C=O) groups excluding carboxylic acids is 3. The van der Waals surface area contributed by atoms with Gasteiger partial charge in [-0.1, -0.05) is 18.2 Å². The van der Waals surface area contributed by atoms with E-state index in [0.717, 1.165) is 18.4 Å². The number of fused-ring (bicyclic) bond motifs is 1. The Morgan fingerprint density at radius 1 is 0.893 bits per heavy atom. The first-order valence-corrected chi connectivity index (χ1v) is 9.91. The van der Waals surface area contributed by atoms with E-state index in [9.17, 15) is 14.4 Å². The predicted molar refractivity (Wildman–Crippen MR) is 107 cm³/mol. The molecule has 1 aliphatic heterocycles. The lowest BCUT2D eigenvalue weighted by Gasteiger charge is -2.20. The van der Waals surface area contributed by atoms with E-state index in [4.69, 9.17) is 0 Å². The molecule has 2 aromatic carbocycles. The van der Waals surface area contributed by atoms with E-state index in [1.165, 1.54) is 28.9 Å². The minimum atomic E-state index is -0.191. The number of nitrogens with one attached hydrogen (secondary N) is 1. The van der Waals surface area contributed by atoms with Crippen LogP contribution < -0.4 is 10.2 Å². The molecule has 3 amide bonds. The topological polar surface area (TPSA) is 66.5 Å². The molecule has 1 aliphatic carbocycles. The van der Waals surface area contributed by atoms with Crippen LogP contribution in [0.4, 0.5) is 5.69 Å². The second kappa shape index (κ2) is 7.58. The van der Waals surface area contributed by atoms with Gasteiger partial charge in [-0.05, 0) is 73.6 Å². The van der Waals surface area contributed by atoms with Crippen LogP contribution in [0.15, 0.2) is 42.5 Å². The van der Waals surface area contributed by atoms with Crippen LogP contribution >= 0.6 is 0 Å². The SMILES string of the molecule is C[C@H](NC(=O)c1ccc(N2C(=O)CCC2=O)cc1)c1ccc2c(c1)CCCC2. The van der Waals surface area contributed by atoms with E-state index in [1.807, 2.05) is 6.92 Å². The Balaban J connectivity index is 1.44. The highest BCUT2D eigenvalue weighted by Crippen LogP contribution is 2.26. The van der Waals surface area contributed by atoms with Crippen molar-refractivity contribution in [2.45, 2.75) is 51.5 Å². The summed E-state index contributed by atoms with van der Waals surface area (Å²) in [5.74, 6) is -0.553. The van der Waals surface area contributed by atoms with Crippen LogP contribution in [0.1, 0.15) is 65.7 Å². The fourth-order valence-electron chi connectivity index (χ4n) is 4.01. The average Bonchev–Trinajstić information content (AvgIpc) is 3.05. The number of rotatable bonds is 4. The third-order valence-corrected chi connectivity index (χ3v) is 5.66. The second-order valence-corrected chi connectivity index (χ2v) is 7.60. The Morgan fingerprint density at radius 3 is 2.21 bits per heavy atom. The summed E-state index contributed by atoms with van der Waals surface area (Å²) in [6.07, 6.45) is 5.23. The standard InChI is InChI=1S/C23H24N2O3/c1-15(18-7-6-16-4-2-3-5-19(16)14-18)24-23(28)17-8-10-20(11-9-17)25-21(26)12-13-22(25)27/h6-11,14-15H,2-5,12-13H2,1H3,(H,24,28)/t15-/m0/s1. The lowest BCUT2D eigenvalue weighted by molar-refractivity contribution is -0.121. The summed E-state index contributed by atoms with van der Waals surface area (Å²) in [6, 6.07) is 13.0. The number of hydrogen-bond donors (Lipinski definition) is 1. The summed E-state index contributed by atoms with van der Waals surface area (Å²) >= 11 is 0. The van der Waals surface area contributed by atoms with Crippen molar-refractivity contribution in [3.05, 3.63) is 64.7 Å². The van der Waals surface area contributed by atoms with Gasteiger partial charge in [0.1, 0.15) is 0 Å². The molecular formula is C23H24N2O3. The molecule has 4 rings (SSSR count). The molecule has 2 aromatic rings. The molecule has 0 aromatic heterocycles. The molecule has 0 radical (unpaired) electrons. The average molecular weight is 376 g/mol. The molecule has 1 atom stereocenters. The van der Waals surface area contributed by atoms with Gasteiger partial charge in [0.15, 0.2) is 0 Å². The molecule has 5 heteroatoms. The number of hydrogen-bond acceptors (Lipinski definition) is 3. The minimum Gasteiger partial charge on any atom is -0.346 e. The normalized spacial score (nSPS) is 17.4. The molecule has 0 bridgehead atoms. The summed E-state index contributed by atoms with van der Waals surface area (Å²) in [7, 11) is 0. The molecule has 0 saturated carbocycles. The van der Waals surface area contributed by atoms with Gasteiger partial charge in [-0.25, -0.2) is 0 Å². The Kier molecular flexibility index (Phi) is 4.99. The molecule has 28 heavy (non-hydrogen) atoms. The van der Waals surface area contributed by atoms with Crippen LogP contribution in [0.2, 0.25) is 0 Å². The Labute approximate surface area is 164 Å². The molecule has 1 N–H and O–H groups in total. The first-order valence-electron chi connectivity index (χ1n) is 9.91. The number of carbonyl (C=O) groups is 3. The van der Waals surface area contributed by atoms with Crippen molar-refractivity contribution in [1.82, 2.24) is 5.32 Å². The van der Waals surface area contributed by atoms with Crippen molar-refractivity contribution >= 4 is 23.4 Å². The van der Waals surface area contributed by atoms with E-state index in [-0.39, 0.29) is 36.6 Å². The van der Waals surface area contributed by atoms with Gasteiger partial charge >= 0.3 is 0 Å². The second-order valence-electron chi connectivity index (χ2n) is 7.60. The van der Waals surface area contributed by atoms with Gasteiger partial charge in [-0.2, -0.15) is 0 Å². The van der Waals surface area contributed by atoms with Gasteiger partial charge in [0.2, 0.25) is 11.8 Å². The van der Waals surface area contributed by atoms with Gasteiger partial charge in [0.25, 0.3) is 5.91 Å². The van der Waals surface area contributed by atoms with Crippen LogP contribution in [0.3, 0.4) is 0 Å². The smallest absolute Gasteiger partial charge is 0.251 e. The van der Waals surface area contributed by atoms with Crippen LogP contribution in [-0.2, 0) is 22.4 Å². The lowest BCUT2D eigenvalue weighted by Crippen LogP contribution is -2.29. The van der Waals surface area contributed by atoms with Crippen molar-refractivity contribution in [1.29, 1.82) is 0 Å². The van der Waals surface area contributed by atoms with Crippen molar-refractivity contribution < 1.29 is 14.4 Å². The molecule has 5 nitrogen and oxygen atoms in total. The third-order valence-electron chi connectivity index (χ3n) is 5.66. The van der Waals surface area contributed by atoms with Gasteiger partial charge in [-0.15, -0.1) is 0 Å². The molecule has 0 spiro atoms. The fourth-order valence-corrected chi connectivity index (χ4v) is 4.01. The van der Waals surface area contributed by atoms with Crippen LogP contribution in [-0.4, -0.2) is 17.7 Å². The number of amides is 3. The largest absolute Gasteiger partial charge is 0.346 e. The van der Waals surface area contributed by atoms with Gasteiger partial charge in [-0.3, -0.25) is 19.3 Å². The maximum absolute atomic E-state index is 12.6. The third kappa shape index (κ3) is 3.57. The van der Waals surface area contributed by atoms with Crippen molar-refractivity contribution in [3.8, 4) is 0 Å². The van der Waals surface area contributed by atoms with Gasteiger partial charge in [0, 0.05) is 18.4 Å². The number of nitrogens with zero attached hydrogens (tertiary/aromatic N) is 1. The maximum atomic E-state index is 12.6. The van der Waals surface area contributed by atoms with Gasteiger partial charge < -0.3 is 5.32 Å². The Hall–Kier alpha value is -2.95. The van der Waals surface area contributed by atoms with Crippen molar-refractivity contribution in [2.75, 3.05) is 4.90 Å². The van der Waals surface area contributed by atoms with Crippen LogP contribution in [0.25, 0.3) is 0 Å². The fraction of sp³-hybridized carbons (Fsp3) is 0.348. The summed E-state index contributed by atoms with van der Waals surface area (Å²) in [5, 5.41) is 3.04. The number of anilines is 1. The molecule has 1 saturated heterocycles. The van der Waals surface area contributed by atoms with E-state index in [2.05, 4.69) is 23.5 Å². The molecule has 2 aliphatic rings. The predicted octanol–water partition coefficient (Wildman–Crippen LogP) is 3.71. The lowest BCUT2D eigenvalue weighted by atomic mass is 9.89. The van der Waals surface area contributed by atoms with E-state index >= 15 is 0 Å². The summed E-state index contributed by atoms with van der Waals surface area (Å²) < 4.78 is 0. The zero-order valence-electron chi connectivity index (χ0n) is 16.0. The molecular weight excluding hydrogens is 352 g/mol. The maximum Gasteiger partial charge on any atom is 0.251 e. The zero-order valence-corrected chi connectivity index (χ0v) is 16.0. The van der Waals surface area contributed by atoms with Crippen molar-refractivity contribution in [3.63, 3.8) is 0 Å². The summed E-state index contributed by atoms with van der Waals surface area (Å²) in [6.45, 7) is 1.98. The quantitative estimate of drug-likeness (QED) is 0.827. The van der Waals surface area contributed by atoms with Gasteiger partial charge in [0.05, 0.1) is 11.7 Å². The Bertz CT molecular complexity index is 917.